The Morgan fingerprint density at radius 1 is 1.29 bits per heavy atom. The highest BCUT2D eigenvalue weighted by Gasteiger charge is 2.48. The summed E-state index contributed by atoms with van der Waals surface area (Å²) < 4.78 is 12.1. The summed E-state index contributed by atoms with van der Waals surface area (Å²) in [5, 5.41) is 22.2. The number of nitrogens with zero attached hydrogens (tertiary/aromatic N) is 4. The van der Waals surface area contributed by atoms with Crippen molar-refractivity contribution < 1.29 is 24.0 Å². The van der Waals surface area contributed by atoms with Crippen molar-refractivity contribution in [2.75, 3.05) is 29.1 Å². The molecule has 5 N–H and O–H groups in total. The lowest BCUT2D eigenvalue weighted by atomic mass is 9.95. The van der Waals surface area contributed by atoms with Crippen molar-refractivity contribution in [3.8, 4) is 5.69 Å². The zero-order valence-corrected chi connectivity index (χ0v) is 18.5. The SMILES string of the molecule is CC(O)(C(=O)Nc1ccc2c(N)noc2c1)[C@H]1OCCN(c2ccn(-c3ccc(=O)[nH]c3)n2)C1=O. The van der Waals surface area contributed by atoms with Gasteiger partial charge in [0, 0.05) is 36.3 Å². The van der Waals surface area contributed by atoms with Gasteiger partial charge in [0.05, 0.1) is 24.2 Å². The number of carbonyl (C=O) groups is 2. The Bertz CT molecular complexity index is 1470. The molecule has 0 aliphatic carbocycles. The van der Waals surface area contributed by atoms with Crippen LogP contribution in [0.1, 0.15) is 6.92 Å². The zero-order valence-electron chi connectivity index (χ0n) is 18.5. The molecule has 1 fully saturated rings. The highest BCUT2D eigenvalue weighted by molar-refractivity contribution is 6.06. The summed E-state index contributed by atoms with van der Waals surface area (Å²) in [5.74, 6) is -0.946. The fourth-order valence-corrected chi connectivity index (χ4v) is 3.77. The highest BCUT2D eigenvalue weighted by atomic mass is 16.5. The molecule has 1 saturated heterocycles. The quantitative estimate of drug-likeness (QED) is 0.315. The van der Waals surface area contributed by atoms with Crippen LogP contribution < -0.4 is 21.5 Å². The molecule has 1 unspecified atom stereocenters. The van der Waals surface area contributed by atoms with Gasteiger partial charge in [-0.3, -0.25) is 19.3 Å². The van der Waals surface area contributed by atoms with Gasteiger partial charge in [-0.2, -0.15) is 0 Å². The number of fused-ring (bicyclic) bond motifs is 1. The monoisotopic (exact) mass is 479 g/mol. The number of aromatic amines is 1. The number of nitrogens with one attached hydrogen (secondary N) is 2. The number of ether oxygens (including phenoxy) is 1. The summed E-state index contributed by atoms with van der Waals surface area (Å²) >= 11 is 0. The summed E-state index contributed by atoms with van der Waals surface area (Å²) in [6.07, 6.45) is 1.64. The molecule has 13 nitrogen and oxygen atoms in total. The largest absolute Gasteiger partial charge is 0.380 e. The third-order valence-electron chi connectivity index (χ3n) is 5.70. The van der Waals surface area contributed by atoms with Crippen molar-refractivity contribution in [2.45, 2.75) is 18.6 Å². The number of hydrogen-bond donors (Lipinski definition) is 4. The first-order chi connectivity index (χ1) is 16.7. The van der Waals surface area contributed by atoms with Gasteiger partial charge in [0.15, 0.2) is 28.9 Å². The average Bonchev–Trinajstić information content (AvgIpc) is 3.47. The standard InChI is InChI=1S/C22H21N7O6/c1-22(33,21(32)25-12-2-4-14-15(10-12)35-27-19(14)23)18-20(31)28(8-9-34-18)16-6-7-29(26-16)13-3-5-17(30)24-11-13/h2-7,10-11,18,33H,8-9H2,1H3,(H2,23,27)(H,24,30)(H,25,32)/t18-,22?/m0/s1. The maximum Gasteiger partial charge on any atom is 0.260 e. The summed E-state index contributed by atoms with van der Waals surface area (Å²) in [6, 6.07) is 9.25. The van der Waals surface area contributed by atoms with E-state index in [1.807, 2.05) is 0 Å². The van der Waals surface area contributed by atoms with E-state index in [1.54, 1.807) is 30.5 Å². The molecule has 180 valence electrons. The number of amides is 2. The topological polar surface area (TPSA) is 182 Å². The van der Waals surface area contributed by atoms with E-state index in [4.69, 9.17) is 15.0 Å². The Hall–Kier alpha value is -4.49. The predicted molar refractivity (Wildman–Crippen MR) is 124 cm³/mol. The lowest BCUT2D eigenvalue weighted by Crippen LogP contribution is -2.61. The lowest BCUT2D eigenvalue weighted by molar-refractivity contribution is -0.165. The van der Waals surface area contributed by atoms with Crippen LogP contribution in [-0.4, -0.2) is 61.7 Å². The summed E-state index contributed by atoms with van der Waals surface area (Å²) in [5.41, 5.74) is 4.51. The molecule has 13 heteroatoms. The number of aliphatic hydroxyl groups is 1. The number of hydrogen-bond acceptors (Lipinski definition) is 9. The number of carbonyl (C=O) groups excluding carboxylic acids is 2. The molecule has 0 bridgehead atoms. The van der Waals surface area contributed by atoms with Crippen LogP contribution in [0.4, 0.5) is 17.3 Å². The maximum absolute atomic E-state index is 13.2. The van der Waals surface area contributed by atoms with Gasteiger partial charge in [0.2, 0.25) is 5.56 Å². The third-order valence-corrected chi connectivity index (χ3v) is 5.70. The van der Waals surface area contributed by atoms with Crippen molar-refractivity contribution >= 4 is 40.1 Å². The van der Waals surface area contributed by atoms with E-state index in [9.17, 15) is 19.5 Å². The lowest BCUT2D eigenvalue weighted by Gasteiger charge is -2.37. The number of rotatable bonds is 5. The average molecular weight is 479 g/mol. The summed E-state index contributed by atoms with van der Waals surface area (Å²) in [4.78, 5) is 41.4. The number of pyridine rings is 1. The second-order valence-corrected chi connectivity index (χ2v) is 8.15. The Balaban J connectivity index is 1.34. The molecular weight excluding hydrogens is 458 g/mol. The van der Waals surface area contributed by atoms with Gasteiger partial charge in [0.25, 0.3) is 11.8 Å². The van der Waals surface area contributed by atoms with E-state index in [2.05, 4.69) is 20.6 Å². The fraction of sp³-hybridized carbons (Fsp3) is 0.227. The predicted octanol–water partition coefficient (Wildman–Crippen LogP) is 0.405. The molecule has 2 atom stereocenters. The number of morpholine rings is 1. The van der Waals surface area contributed by atoms with Crippen LogP contribution in [0, 0.1) is 0 Å². The van der Waals surface area contributed by atoms with Crippen molar-refractivity contribution in [3.05, 3.63) is 59.1 Å². The number of nitrogen functional groups attached to an aromatic ring is 1. The second kappa shape index (κ2) is 8.38. The molecule has 3 aromatic heterocycles. The molecule has 1 aromatic carbocycles. The summed E-state index contributed by atoms with van der Waals surface area (Å²) in [7, 11) is 0. The first-order valence-electron chi connectivity index (χ1n) is 10.6. The van der Waals surface area contributed by atoms with Crippen LogP contribution in [0.3, 0.4) is 0 Å². The molecule has 5 rings (SSSR count). The molecule has 2 amide bonds. The number of H-pyrrole nitrogens is 1. The Morgan fingerprint density at radius 2 is 2.11 bits per heavy atom. The van der Waals surface area contributed by atoms with E-state index >= 15 is 0 Å². The van der Waals surface area contributed by atoms with Gasteiger partial charge in [-0.1, -0.05) is 5.16 Å². The van der Waals surface area contributed by atoms with Gasteiger partial charge < -0.3 is 30.4 Å². The summed E-state index contributed by atoms with van der Waals surface area (Å²) in [6.45, 7) is 1.46. The van der Waals surface area contributed by atoms with Crippen LogP contribution in [0.2, 0.25) is 0 Å². The molecule has 1 aliphatic heterocycles. The molecule has 35 heavy (non-hydrogen) atoms. The second-order valence-electron chi connectivity index (χ2n) is 8.15. The molecule has 0 spiro atoms. The normalized spacial score (nSPS) is 17.9. The number of aromatic nitrogens is 4. The van der Waals surface area contributed by atoms with Gasteiger partial charge in [-0.25, -0.2) is 4.68 Å². The Labute approximate surface area is 197 Å². The smallest absolute Gasteiger partial charge is 0.260 e. The van der Waals surface area contributed by atoms with Crippen LogP contribution in [0.5, 0.6) is 0 Å². The van der Waals surface area contributed by atoms with Crippen LogP contribution in [0.15, 0.2) is 58.1 Å². The fourth-order valence-electron chi connectivity index (χ4n) is 3.77. The van der Waals surface area contributed by atoms with Crippen LogP contribution in [-0.2, 0) is 14.3 Å². The van der Waals surface area contributed by atoms with Gasteiger partial charge in [-0.05, 0) is 25.1 Å². The zero-order chi connectivity index (χ0) is 24.7. The van der Waals surface area contributed by atoms with Crippen molar-refractivity contribution in [1.82, 2.24) is 19.9 Å². The van der Waals surface area contributed by atoms with E-state index in [0.717, 1.165) is 0 Å². The van der Waals surface area contributed by atoms with Crippen molar-refractivity contribution in [3.63, 3.8) is 0 Å². The van der Waals surface area contributed by atoms with Crippen LogP contribution in [0.25, 0.3) is 16.7 Å². The first-order valence-corrected chi connectivity index (χ1v) is 10.6. The molecular formula is C22H21N7O6. The Kier molecular flexibility index (Phi) is 5.34. The van der Waals surface area contributed by atoms with E-state index in [0.29, 0.717) is 28.2 Å². The molecule has 0 saturated carbocycles. The molecule has 0 radical (unpaired) electrons. The third kappa shape index (κ3) is 4.02. The Morgan fingerprint density at radius 3 is 2.89 bits per heavy atom. The minimum absolute atomic E-state index is 0.0780. The minimum Gasteiger partial charge on any atom is -0.380 e. The molecule has 1 aliphatic rings. The van der Waals surface area contributed by atoms with Crippen molar-refractivity contribution in [2.24, 2.45) is 0 Å². The first kappa shape index (κ1) is 22.3. The highest BCUT2D eigenvalue weighted by Crippen LogP contribution is 2.27. The van der Waals surface area contributed by atoms with Gasteiger partial charge in [-0.15, -0.1) is 5.10 Å². The van der Waals surface area contributed by atoms with Gasteiger partial charge in [0.1, 0.15) is 0 Å². The van der Waals surface area contributed by atoms with Crippen molar-refractivity contribution in [1.29, 1.82) is 0 Å². The van der Waals surface area contributed by atoms with Crippen LogP contribution >= 0.6 is 0 Å². The van der Waals surface area contributed by atoms with Gasteiger partial charge >= 0.3 is 0 Å². The molecule has 4 heterocycles. The minimum atomic E-state index is -2.20. The molecule has 4 aromatic rings. The number of benzene rings is 1. The number of anilines is 3. The maximum atomic E-state index is 13.2. The van der Waals surface area contributed by atoms with E-state index < -0.39 is 23.5 Å². The van der Waals surface area contributed by atoms with E-state index in [-0.39, 0.29) is 24.5 Å². The number of nitrogens with two attached hydrogens (primary N) is 1. The van der Waals surface area contributed by atoms with E-state index in [1.165, 1.54) is 34.8 Å².